The molecule has 1 amide bonds. The lowest BCUT2D eigenvalue weighted by atomic mass is 9.93. The SMILES string of the molecule is CCn1c(C2CCN(C(=O)[C@]3(C)CCCO3)CC2)n[nH]c1=O. The number of aromatic amines is 1. The Morgan fingerprint density at radius 2 is 2.18 bits per heavy atom. The molecule has 1 aromatic heterocycles. The first kappa shape index (κ1) is 15.3. The summed E-state index contributed by atoms with van der Waals surface area (Å²) in [5.41, 5.74) is -0.784. The van der Waals surface area contributed by atoms with Gasteiger partial charge in [0.05, 0.1) is 0 Å². The smallest absolute Gasteiger partial charge is 0.343 e. The van der Waals surface area contributed by atoms with Crippen molar-refractivity contribution in [2.45, 2.75) is 57.6 Å². The first-order chi connectivity index (χ1) is 10.5. The Balaban J connectivity index is 1.65. The van der Waals surface area contributed by atoms with Crippen molar-refractivity contribution >= 4 is 5.91 Å². The molecule has 7 nitrogen and oxygen atoms in total. The zero-order valence-corrected chi connectivity index (χ0v) is 13.3. The fraction of sp³-hybridized carbons (Fsp3) is 0.800. The predicted octanol–water partition coefficient (Wildman–Crippen LogP) is 0.866. The fourth-order valence-corrected chi connectivity index (χ4v) is 3.57. The molecule has 1 N–H and O–H groups in total. The molecule has 0 aromatic carbocycles. The quantitative estimate of drug-likeness (QED) is 0.898. The number of H-pyrrole nitrogens is 1. The summed E-state index contributed by atoms with van der Waals surface area (Å²) in [5.74, 6) is 1.17. The van der Waals surface area contributed by atoms with Gasteiger partial charge in [-0.25, -0.2) is 9.89 Å². The monoisotopic (exact) mass is 308 g/mol. The number of carbonyl (C=O) groups excluding carboxylic acids is 1. The number of rotatable bonds is 3. The van der Waals surface area contributed by atoms with Gasteiger partial charge in [0.25, 0.3) is 5.91 Å². The highest BCUT2D eigenvalue weighted by atomic mass is 16.5. The highest BCUT2D eigenvalue weighted by Gasteiger charge is 2.41. The van der Waals surface area contributed by atoms with Gasteiger partial charge in [-0.05, 0) is 39.5 Å². The second-order valence-electron chi connectivity index (χ2n) is 6.38. The van der Waals surface area contributed by atoms with Crippen molar-refractivity contribution in [1.29, 1.82) is 0 Å². The van der Waals surface area contributed by atoms with Crippen LogP contribution in [-0.2, 0) is 16.1 Å². The third-order valence-corrected chi connectivity index (χ3v) is 4.92. The Kier molecular flexibility index (Phi) is 4.08. The Morgan fingerprint density at radius 3 is 2.77 bits per heavy atom. The molecule has 2 saturated heterocycles. The van der Waals surface area contributed by atoms with E-state index in [1.54, 1.807) is 4.57 Å². The van der Waals surface area contributed by atoms with Crippen LogP contribution in [0, 0.1) is 0 Å². The average Bonchev–Trinajstić information content (AvgIpc) is 3.13. The summed E-state index contributed by atoms with van der Waals surface area (Å²) in [6, 6.07) is 0. The van der Waals surface area contributed by atoms with Gasteiger partial charge in [-0.1, -0.05) is 0 Å². The molecule has 3 rings (SSSR count). The topological polar surface area (TPSA) is 80.2 Å². The maximum atomic E-state index is 12.6. The predicted molar refractivity (Wildman–Crippen MR) is 80.7 cm³/mol. The fourth-order valence-electron chi connectivity index (χ4n) is 3.57. The van der Waals surface area contributed by atoms with E-state index in [1.165, 1.54) is 0 Å². The lowest BCUT2D eigenvalue weighted by molar-refractivity contribution is -0.152. The molecular formula is C15H24N4O3. The molecule has 2 aliphatic rings. The summed E-state index contributed by atoms with van der Waals surface area (Å²) in [6.07, 6.45) is 3.44. The summed E-state index contributed by atoms with van der Waals surface area (Å²) < 4.78 is 7.34. The Morgan fingerprint density at radius 1 is 1.45 bits per heavy atom. The van der Waals surface area contributed by atoms with Crippen LogP contribution in [0.25, 0.3) is 0 Å². The second kappa shape index (κ2) is 5.87. The van der Waals surface area contributed by atoms with E-state index in [0.29, 0.717) is 26.2 Å². The molecule has 0 unspecified atom stereocenters. The number of carbonyl (C=O) groups is 1. The van der Waals surface area contributed by atoms with Gasteiger partial charge in [-0.3, -0.25) is 9.36 Å². The van der Waals surface area contributed by atoms with Gasteiger partial charge >= 0.3 is 5.69 Å². The number of likely N-dealkylation sites (tertiary alicyclic amines) is 1. The number of amides is 1. The lowest BCUT2D eigenvalue weighted by Gasteiger charge is -2.36. The largest absolute Gasteiger partial charge is 0.365 e. The van der Waals surface area contributed by atoms with Crippen LogP contribution in [0.1, 0.15) is 51.3 Å². The molecule has 0 radical (unpaired) electrons. The molecule has 3 heterocycles. The lowest BCUT2D eigenvalue weighted by Crippen LogP contribution is -2.49. The van der Waals surface area contributed by atoms with Crippen LogP contribution < -0.4 is 5.69 Å². The van der Waals surface area contributed by atoms with E-state index in [-0.39, 0.29) is 17.5 Å². The summed E-state index contributed by atoms with van der Waals surface area (Å²) in [6.45, 7) is 6.54. The Hall–Kier alpha value is -1.63. The maximum absolute atomic E-state index is 12.6. The summed E-state index contributed by atoms with van der Waals surface area (Å²) in [4.78, 5) is 26.2. The Bertz CT molecular complexity index is 592. The highest BCUT2D eigenvalue weighted by Crippen LogP contribution is 2.31. The molecule has 22 heavy (non-hydrogen) atoms. The van der Waals surface area contributed by atoms with Crippen molar-refractivity contribution in [3.05, 3.63) is 16.3 Å². The van der Waals surface area contributed by atoms with Gasteiger partial charge in [0.15, 0.2) is 0 Å². The van der Waals surface area contributed by atoms with Gasteiger partial charge in [-0.15, -0.1) is 0 Å². The number of piperidine rings is 1. The van der Waals surface area contributed by atoms with Gasteiger partial charge in [-0.2, -0.15) is 5.10 Å². The third-order valence-electron chi connectivity index (χ3n) is 4.92. The number of hydrogen-bond acceptors (Lipinski definition) is 4. The Labute approximate surface area is 129 Å². The molecule has 0 spiro atoms. The van der Waals surface area contributed by atoms with Crippen LogP contribution in [0.4, 0.5) is 0 Å². The minimum absolute atomic E-state index is 0.110. The number of ether oxygens (including phenoxy) is 1. The standard InChI is InChI=1S/C15H24N4O3/c1-3-19-12(16-17-14(19)21)11-5-8-18(9-6-11)13(20)15(2)7-4-10-22-15/h11H,3-10H2,1-2H3,(H,17,21)/t15-/m0/s1. The van der Waals surface area contributed by atoms with Gasteiger partial charge in [0.2, 0.25) is 0 Å². The number of nitrogens with zero attached hydrogens (tertiary/aromatic N) is 3. The molecule has 0 aliphatic carbocycles. The zero-order valence-electron chi connectivity index (χ0n) is 13.3. The third kappa shape index (κ3) is 2.58. The van der Waals surface area contributed by atoms with Crippen molar-refractivity contribution in [3.8, 4) is 0 Å². The van der Waals surface area contributed by atoms with E-state index >= 15 is 0 Å². The molecule has 7 heteroatoms. The van der Waals surface area contributed by atoms with Crippen LogP contribution in [0.5, 0.6) is 0 Å². The number of hydrogen-bond donors (Lipinski definition) is 1. The average molecular weight is 308 g/mol. The molecule has 2 aliphatic heterocycles. The molecule has 0 saturated carbocycles. The summed E-state index contributed by atoms with van der Waals surface area (Å²) >= 11 is 0. The van der Waals surface area contributed by atoms with Crippen molar-refractivity contribution in [3.63, 3.8) is 0 Å². The molecule has 2 fully saturated rings. The van der Waals surface area contributed by atoms with Gasteiger partial charge in [0.1, 0.15) is 11.4 Å². The molecule has 1 atom stereocenters. The van der Waals surface area contributed by atoms with Crippen molar-refractivity contribution in [1.82, 2.24) is 19.7 Å². The van der Waals surface area contributed by atoms with Gasteiger partial charge < -0.3 is 9.64 Å². The molecular weight excluding hydrogens is 284 g/mol. The normalized spacial score (nSPS) is 26.5. The first-order valence-electron chi connectivity index (χ1n) is 8.13. The van der Waals surface area contributed by atoms with E-state index in [4.69, 9.17) is 4.74 Å². The number of nitrogens with one attached hydrogen (secondary N) is 1. The maximum Gasteiger partial charge on any atom is 0.343 e. The van der Waals surface area contributed by atoms with Crippen LogP contribution in [0.2, 0.25) is 0 Å². The molecule has 122 valence electrons. The van der Waals surface area contributed by atoms with Crippen LogP contribution in [0.3, 0.4) is 0 Å². The zero-order chi connectivity index (χ0) is 15.7. The van der Waals surface area contributed by atoms with Crippen LogP contribution in [0.15, 0.2) is 4.79 Å². The summed E-state index contributed by atoms with van der Waals surface area (Å²) in [5, 5.41) is 6.70. The van der Waals surface area contributed by atoms with E-state index in [9.17, 15) is 9.59 Å². The van der Waals surface area contributed by atoms with Crippen LogP contribution >= 0.6 is 0 Å². The second-order valence-corrected chi connectivity index (χ2v) is 6.38. The minimum atomic E-state index is -0.634. The summed E-state index contributed by atoms with van der Waals surface area (Å²) in [7, 11) is 0. The van der Waals surface area contributed by atoms with Crippen molar-refractivity contribution < 1.29 is 9.53 Å². The van der Waals surface area contributed by atoms with Gasteiger partial charge in [0, 0.05) is 32.2 Å². The van der Waals surface area contributed by atoms with E-state index in [0.717, 1.165) is 31.5 Å². The van der Waals surface area contributed by atoms with E-state index in [1.807, 2.05) is 18.7 Å². The van der Waals surface area contributed by atoms with Crippen molar-refractivity contribution in [2.24, 2.45) is 0 Å². The van der Waals surface area contributed by atoms with Crippen molar-refractivity contribution in [2.75, 3.05) is 19.7 Å². The number of aromatic nitrogens is 3. The minimum Gasteiger partial charge on any atom is -0.365 e. The van der Waals surface area contributed by atoms with Crippen LogP contribution in [-0.4, -0.2) is 50.9 Å². The molecule has 1 aromatic rings. The highest BCUT2D eigenvalue weighted by molar-refractivity contribution is 5.85. The van der Waals surface area contributed by atoms with E-state index < -0.39 is 5.60 Å². The first-order valence-corrected chi connectivity index (χ1v) is 8.13. The van der Waals surface area contributed by atoms with E-state index in [2.05, 4.69) is 10.2 Å². The molecule has 0 bridgehead atoms.